The van der Waals surface area contributed by atoms with Crippen LogP contribution in [0.25, 0.3) is 0 Å². The number of para-hydroxylation sites is 1. The number of amides is 1. The van der Waals surface area contributed by atoms with Gasteiger partial charge in [0.15, 0.2) is 5.78 Å². The van der Waals surface area contributed by atoms with E-state index in [0.29, 0.717) is 16.1 Å². The van der Waals surface area contributed by atoms with Crippen molar-refractivity contribution in [3.05, 3.63) is 107 Å². The summed E-state index contributed by atoms with van der Waals surface area (Å²) in [5.74, 6) is -0.611. The van der Waals surface area contributed by atoms with Crippen LogP contribution in [0.3, 0.4) is 0 Å². The third kappa shape index (κ3) is 4.74. The highest BCUT2D eigenvalue weighted by Gasteiger charge is 2.19. The van der Waals surface area contributed by atoms with Gasteiger partial charge in [-0.15, -0.1) is 11.3 Å². The summed E-state index contributed by atoms with van der Waals surface area (Å²) < 4.78 is 28.3. The molecule has 1 amide bonds. The van der Waals surface area contributed by atoms with E-state index in [1.807, 2.05) is 0 Å². The van der Waals surface area contributed by atoms with Crippen LogP contribution < -0.4 is 10.0 Å². The van der Waals surface area contributed by atoms with Crippen LogP contribution in [0, 0.1) is 0 Å². The lowest BCUT2D eigenvalue weighted by molar-refractivity contribution is 0.102. The van der Waals surface area contributed by atoms with Crippen LogP contribution in [0.5, 0.6) is 0 Å². The minimum Gasteiger partial charge on any atom is -0.321 e. The summed E-state index contributed by atoms with van der Waals surface area (Å²) in [6.45, 7) is 0. The number of benzene rings is 3. The number of hydrogen-bond donors (Lipinski definition) is 2. The van der Waals surface area contributed by atoms with E-state index in [9.17, 15) is 18.0 Å². The van der Waals surface area contributed by atoms with Gasteiger partial charge in [-0.1, -0.05) is 42.5 Å². The average Bonchev–Trinajstić information content (AvgIpc) is 3.35. The van der Waals surface area contributed by atoms with Crippen molar-refractivity contribution in [2.45, 2.75) is 4.90 Å². The third-order valence-electron chi connectivity index (χ3n) is 4.53. The van der Waals surface area contributed by atoms with Gasteiger partial charge in [-0.3, -0.25) is 19.3 Å². The molecule has 0 saturated carbocycles. The van der Waals surface area contributed by atoms with Crippen LogP contribution >= 0.6 is 11.3 Å². The first kappa shape index (κ1) is 21.4. The molecule has 1 aromatic heterocycles. The number of ketones is 1. The van der Waals surface area contributed by atoms with Gasteiger partial charge in [0.2, 0.25) is 0 Å². The largest absolute Gasteiger partial charge is 0.321 e. The number of thiazole rings is 1. The number of nitrogens with one attached hydrogen (secondary N) is 2. The van der Waals surface area contributed by atoms with Crippen LogP contribution in [0.15, 0.2) is 95.5 Å². The van der Waals surface area contributed by atoms with Crippen molar-refractivity contribution in [2.75, 3.05) is 10.0 Å². The highest BCUT2D eigenvalue weighted by Crippen LogP contribution is 2.24. The lowest BCUT2D eigenvalue weighted by Gasteiger charge is -2.13. The summed E-state index contributed by atoms with van der Waals surface area (Å²) in [6.07, 6.45) is 1.46. The maximum Gasteiger partial charge on any atom is 0.267 e. The molecule has 3 aromatic carbocycles. The Balaban J connectivity index is 1.54. The molecule has 4 aromatic rings. The van der Waals surface area contributed by atoms with E-state index in [1.165, 1.54) is 47.9 Å². The Bertz CT molecular complexity index is 1350. The average molecular weight is 464 g/mol. The fourth-order valence-electron chi connectivity index (χ4n) is 2.96. The lowest BCUT2D eigenvalue weighted by atomic mass is 10.0. The number of nitrogens with zero attached hydrogens (tertiary/aromatic N) is 1. The van der Waals surface area contributed by atoms with Gasteiger partial charge in [0.1, 0.15) is 4.88 Å². The standard InChI is InChI=1S/C23H17N3O4S2/c27-22(16-6-2-1-3-7-16)19-8-4-5-9-20(19)26-32(29,30)18-12-10-17(11-13-18)25-23(28)21-14-24-15-31-21/h1-15,26H,(H,25,28). The third-order valence-corrected chi connectivity index (χ3v) is 6.68. The van der Waals surface area contributed by atoms with Gasteiger partial charge >= 0.3 is 0 Å². The van der Waals surface area contributed by atoms with Crippen molar-refractivity contribution >= 4 is 44.4 Å². The molecule has 0 fully saturated rings. The Kier molecular flexibility index (Phi) is 6.11. The molecular weight excluding hydrogens is 446 g/mol. The second-order valence-electron chi connectivity index (χ2n) is 6.69. The summed E-state index contributed by atoms with van der Waals surface area (Å²) in [6, 6.07) is 20.8. The maximum absolute atomic E-state index is 12.9. The van der Waals surface area contributed by atoms with Crippen molar-refractivity contribution in [2.24, 2.45) is 0 Å². The van der Waals surface area contributed by atoms with Crippen LogP contribution in [0.2, 0.25) is 0 Å². The van der Waals surface area contributed by atoms with E-state index in [1.54, 1.807) is 54.0 Å². The molecule has 9 heteroatoms. The van der Waals surface area contributed by atoms with Gasteiger partial charge in [0.25, 0.3) is 15.9 Å². The highest BCUT2D eigenvalue weighted by atomic mass is 32.2. The zero-order chi connectivity index (χ0) is 22.6. The molecule has 0 unspecified atom stereocenters. The topological polar surface area (TPSA) is 105 Å². The van der Waals surface area contributed by atoms with Crippen molar-refractivity contribution in [1.82, 2.24) is 4.98 Å². The van der Waals surface area contributed by atoms with Gasteiger partial charge in [0.05, 0.1) is 22.3 Å². The Morgan fingerprint density at radius 1 is 0.844 bits per heavy atom. The predicted molar refractivity (Wildman–Crippen MR) is 124 cm³/mol. The zero-order valence-electron chi connectivity index (χ0n) is 16.6. The first-order valence-corrected chi connectivity index (χ1v) is 11.8. The number of hydrogen-bond acceptors (Lipinski definition) is 6. The molecule has 0 aliphatic rings. The Morgan fingerprint density at radius 3 is 2.22 bits per heavy atom. The molecule has 1 heterocycles. The molecule has 2 N–H and O–H groups in total. The van der Waals surface area contributed by atoms with Crippen molar-refractivity contribution < 1.29 is 18.0 Å². The van der Waals surface area contributed by atoms with E-state index < -0.39 is 10.0 Å². The molecule has 4 rings (SSSR count). The molecule has 160 valence electrons. The second-order valence-corrected chi connectivity index (χ2v) is 9.26. The number of rotatable bonds is 7. The predicted octanol–water partition coefficient (Wildman–Crippen LogP) is 4.43. The lowest BCUT2D eigenvalue weighted by Crippen LogP contribution is -2.16. The minimum atomic E-state index is -3.96. The fourth-order valence-corrected chi connectivity index (χ4v) is 4.55. The molecule has 0 aliphatic carbocycles. The fraction of sp³-hybridized carbons (Fsp3) is 0. The summed E-state index contributed by atoms with van der Waals surface area (Å²) in [7, 11) is -3.96. The zero-order valence-corrected chi connectivity index (χ0v) is 18.2. The van der Waals surface area contributed by atoms with Crippen LogP contribution in [0.4, 0.5) is 11.4 Å². The molecule has 0 saturated heterocycles. The summed E-state index contributed by atoms with van der Waals surface area (Å²) in [4.78, 5) is 29.3. The van der Waals surface area contributed by atoms with Crippen LogP contribution in [-0.4, -0.2) is 25.1 Å². The molecular formula is C23H17N3O4S2. The minimum absolute atomic E-state index is 0.00440. The van der Waals surface area contributed by atoms with Crippen molar-refractivity contribution in [3.8, 4) is 0 Å². The van der Waals surface area contributed by atoms with Crippen molar-refractivity contribution in [1.29, 1.82) is 0 Å². The first-order valence-electron chi connectivity index (χ1n) is 9.45. The van der Waals surface area contributed by atoms with E-state index >= 15 is 0 Å². The SMILES string of the molecule is O=C(Nc1ccc(S(=O)(=O)Nc2ccccc2C(=O)c2ccccc2)cc1)c1cncs1. The molecule has 0 bridgehead atoms. The van der Waals surface area contributed by atoms with E-state index in [0.717, 1.165) is 0 Å². The molecule has 0 atom stereocenters. The Morgan fingerprint density at radius 2 is 1.53 bits per heavy atom. The number of carbonyl (C=O) groups is 2. The summed E-state index contributed by atoms with van der Waals surface area (Å²) in [5.41, 5.74) is 2.89. The normalized spacial score (nSPS) is 11.0. The summed E-state index contributed by atoms with van der Waals surface area (Å²) in [5, 5.41) is 2.69. The smallest absolute Gasteiger partial charge is 0.267 e. The monoisotopic (exact) mass is 463 g/mol. The molecule has 7 nitrogen and oxygen atoms in total. The summed E-state index contributed by atoms with van der Waals surface area (Å²) >= 11 is 1.20. The highest BCUT2D eigenvalue weighted by molar-refractivity contribution is 7.92. The van der Waals surface area contributed by atoms with Gasteiger partial charge in [-0.05, 0) is 36.4 Å². The van der Waals surface area contributed by atoms with Crippen LogP contribution in [-0.2, 0) is 10.0 Å². The number of sulfonamides is 1. The quantitative estimate of drug-likeness (QED) is 0.395. The number of anilines is 2. The molecule has 0 aliphatic heterocycles. The molecule has 0 radical (unpaired) electrons. The number of aromatic nitrogens is 1. The van der Waals surface area contributed by atoms with E-state index in [2.05, 4.69) is 15.0 Å². The Labute approximate surface area is 188 Å². The van der Waals surface area contributed by atoms with Crippen molar-refractivity contribution in [3.63, 3.8) is 0 Å². The number of carbonyl (C=O) groups excluding carboxylic acids is 2. The Hall–Kier alpha value is -3.82. The van der Waals surface area contributed by atoms with Crippen LogP contribution in [0.1, 0.15) is 25.6 Å². The first-order chi connectivity index (χ1) is 15.4. The molecule has 0 spiro atoms. The van der Waals surface area contributed by atoms with Gasteiger partial charge in [0, 0.05) is 16.8 Å². The van der Waals surface area contributed by atoms with Gasteiger partial charge in [-0.2, -0.15) is 0 Å². The van der Waals surface area contributed by atoms with Gasteiger partial charge in [-0.25, -0.2) is 8.42 Å². The maximum atomic E-state index is 12.9. The second kappa shape index (κ2) is 9.13. The van der Waals surface area contributed by atoms with E-state index in [4.69, 9.17) is 0 Å². The van der Waals surface area contributed by atoms with E-state index in [-0.39, 0.29) is 27.8 Å². The van der Waals surface area contributed by atoms with Gasteiger partial charge < -0.3 is 5.32 Å². The molecule has 32 heavy (non-hydrogen) atoms.